The van der Waals surface area contributed by atoms with Crippen LogP contribution in [0.1, 0.15) is 12.5 Å². The average molecular weight is 249 g/mol. The molecule has 1 aromatic carbocycles. The number of benzene rings is 1. The second-order valence-corrected chi connectivity index (χ2v) is 3.88. The van der Waals surface area contributed by atoms with E-state index in [1.54, 1.807) is 6.92 Å². The second-order valence-electron chi connectivity index (χ2n) is 3.88. The van der Waals surface area contributed by atoms with Gasteiger partial charge in [-0.15, -0.1) is 0 Å². The van der Waals surface area contributed by atoms with Gasteiger partial charge in [-0.05, 0) is 19.1 Å². The van der Waals surface area contributed by atoms with Gasteiger partial charge < -0.3 is 19.9 Å². The summed E-state index contributed by atoms with van der Waals surface area (Å²) in [5.41, 5.74) is -0.745. The Hall–Kier alpha value is -2.50. The summed E-state index contributed by atoms with van der Waals surface area (Å²) in [6.45, 7) is 2.77. The molecule has 0 radical (unpaired) electrons. The minimum atomic E-state index is -0.871. The number of anilines is 1. The Bertz CT molecular complexity index is 702. The van der Waals surface area contributed by atoms with Crippen molar-refractivity contribution in [3.8, 4) is 11.5 Å². The molecule has 0 saturated carbocycles. The molecule has 2 aromatic rings. The fourth-order valence-corrected chi connectivity index (χ4v) is 1.66. The molecule has 0 fully saturated rings. The maximum atomic E-state index is 11.6. The molecule has 2 rings (SSSR count). The van der Waals surface area contributed by atoms with E-state index in [2.05, 4.69) is 5.32 Å². The van der Waals surface area contributed by atoms with Crippen molar-refractivity contribution in [3.63, 3.8) is 0 Å². The number of hydrogen-bond donors (Lipinski definition) is 3. The van der Waals surface area contributed by atoms with E-state index in [1.807, 2.05) is 0 Å². The summed E-state index contributed by atoms with van der Waals surface area (Å²) in [6, 6.07) is 2.77. The van der Waals surface area contributed by atoms with E-state index < -0.39 is 11.5 Å². The lowest BCUT2D eigenvalue weighted by molar-refractivity contribution is -0.114. The Balaban J connectivity index is 2.83. The summed E-state index contributed by atoms with van der Waals surface area (Å²) in [5.74, 6) is -0.913. The van der Waals surface area contributed by atoms with Crippen LogP contribution in [-0.2, 0) is 4.79 Å². The van der Waals surface area contributed by atoms with Crippen LogP contribution >= 0.6 is 0 Å². The fraction of sp³-hybridized carbons (Fsp3) is 0.167. The molecule has 1 amide bonds. The van der Waals surface area contributed by atoms with Gasteiger partial charge in [-0.3, -0.25) is 4.79 Å². The van der Waals surface area contributed by atoms with Crippen molar-refractivity contribution in [1.82, 2.24) is 0 Å². The Labute approximate surface area is 101 Å². The highest BCUT2D eigenvalue weighted by Gasteiger charge is 2.17. The van der Waals surface area contributed by atoms with Crippen LogP contribution in [0.2, 0.25) is 0 Å². The number of carbonyl (C=O) groups is 1. The van der Waals surface area contributed by atoms with Crippen molar-refractivity contribution in [1.29, 1.82) is 0 Å². The van der Waals surface area contributed by atoms with E-state index >= 15 is 0 Å². The molecule has 0 atom stereocenters. The zero-order valence-corrected chi connectivity index (χ0v) is 9.77. The maximum absolute atomic E-state index is 11.6. The number of hydrogen-bond acceptors (Lipinski definition) is 5. The number of phenols is 1. The van der Waals surface area contributed by atoms with Crippen LogP contribution in [0.4, 0.5) is 5.69 Å². The molecule has 18 heavy (non-hydrogen) atoms. The number of aromatic hydroxyl groups is 2. The minimum Gasteiger partial charge on any atom is -0.508 e. The number of phenolic OH excluding ortho intramolecular Hbond substituents is 1. The van der Waals surface area contributed by atoms with Crippen molar-refractivity contribution in [2.75, 3.05) is 5.32 Å². The van der Waals surface area contributed by atoms with Gasteiger partial charge in [0.05, 0.1) is 5.39 Å². The largest absolute Gasteiger partial charge is 0.508 e. The molecular formula is C12H11NO5. The van der Waals surface area contributed by atoms with Gasteiger partial charge >= 0.3 is 5.63 Å². The van der Waals surface area contributed by atoms with Crippen molar-refractivity contribution in [2.45, 2.75) is 13.8 Å². The fourth-order valence-electron chi connectivity index (χ4n) is 1.66. The molecular weight excluding hydrogens is 238 g/mol. The van der Waals surface area contributed by atoms with Gasteiger partial charge in [0.1, 0.15) is 11.3 Å². The van der Waals surface area contributed by atoms with Crippen LogP contribution in [0.15, 0.2) is 21.3 Å². The van der Waals surface area contributed by atoms with E-state index in [0.717, 1.165) is 0 Å². The SMILES string of the molecule is CC(=O)Nc1c(O)c2ccc(O)c(C)c2oc1=O. The monoisotopic (exact) mass is 249 g/mol. The molecule has 1 aromatic heterocycles. The van der Waals surface area contributed by atoms with Crippen molar-refractivity contribution in [2.24, 2.45) is 0 Å². The number of amides is 1. The minimum absolute atomic E-state index is 0.0441. The summed E-state index contributed by atoms with van der Waals surface area (Å²) in [7, 11) is 0. The molecule has 0 bridgehead atoms. The first-order valence-electron chi connectivity index (χ1n) is 5.17. The standard InChI is InChI=1S/C12H11NO5/c1-5-8(15)4-3-7-10(16)9(13-6(2)14)12(17)18-11(5)7/h3-4,15-16H,1-2H3,(H,13,14). The molecule has 94 valence electrons. The predicted molar refractivity (Wildman–Crippen MR) is 64.9 cm³/mol. The molecule has 0 aliphatic rings. The van der Waals surface area contributed by atoms with E-state index in [-0.39, 0.29) is 28.2 Å². The summed E-state index contributed by atoms with van der Waals surface area (Å²) in [6.07, 6.45) is 0. The van der Waals surface area contributed by atoms with Crippen molar-refractivity contribution in [3.05, 3.63) is 28.1 Å². The van der Waals surface area contributed by atoms with Crippen LogP contribution in [0, 0.1) is 6.92 Å². The average Bonchev–Trinajstić information content (AvgIpc) is 2.29. The zero-order chi connectivity index (χ0) is 13.4. The molecule has 6 nitrogen and oxygen atoms in total. The van der Waals surface area contributed by atoms with Gasteiger partial charge in [0.2, 0.25) is 5.91 Å². The Kier molecular flexibility index (Phi) is 2.70. The Morgan fingerprint density at radius 3 is 2.61 bits per heavy atom. The van der Waals surface area contributed by atoms with Crippen LogP contribution < -0.4 is 10.9 Å². The number of aryl methyl sites for hydroxylation is 1. The molecule has 6 heteroatoms. The quantitative estimate of drug-likeness (QED) is 0.664. The van der Waals surface area contributed by atoms with E-state index in [4.69, 9.17) is 4.42 Å². The summed E-state index contributed by atoms with van der Waals surface area (Å²) < 4.78 is 5.00. The molecule has 0 saturated heterocycles. The highest BCUT2D eigenvalue weighted by atomic mass is 16.4. The maximum Gasteiger partial charge on any atom is 0.364 e. The zero-order valence-electron chi connectivity index (χ0n) is 9.77. The molecule has 1 heterocycles. The summed E-state index contributed by atoms with van der Waals surface area (Å²) >= 11 is 0. The van der Waals surface area contributed by atoms with Crippen LogP contribution in [0.25, 0.3) is 11.0 Å². The van der Waals surface area contributed by atoms with Crippen LogP contribution in [0.3, 0.4) is 0 Å². The third-order valence-corrected chi connectivity index (χ3v) is 2.57. The predicted octanol–water partition coefficient (Wildman–Crippen LogP) is 1.47. The Morgan fingerprint density at radius 1 is 1.33 bits per heavy atom. The number of nitrogens with one attached hydrogen (secondary N) is 1. The molecule has 0 spiro atoms. The molecule has 0 aliphatic carbocycles. The van der Waals surface area contributed by atoms with Crippen molar-refractivity contribution >= 4 is 22.6 Å². The topological polar surface area (TPSA) is 99.8 Å². The number of rotatable bonds is 1. The lowest BCUT2D eigenvalue weighted by Gasteiger charge is -2.08. The van der Waals surface area contributed by atoms with E-state index in [1.165, 1.54) is 19.1 Å². The lowest BCUT2D eigenvalue weighted by Crippen LogP contribution is -2.15. The van der Waals surface area contributed by atoms with Gasteiger partial charge in [0, 0.05) is 12.5 Å². The highest BCUT2D eigenvalue weighted by Crippen LogP contribution is 2.34. The third-order valence-electron chi connectivity index (χ3n) is 2.57. The molecule has 0 unspecified atom stereocenters. The second kappa shape index (κ2) is 4.06. The van der Waals surface area contributed by atoms with Gasteiger partial charge in [0.25, 0.3) is 0 Å². The third kappa shape index (κ3) is 1.77. The summed E-state index contributed by atoms with van der Waals surface area (Å²) in [4.78, 5) is 22.6. The van der Waals surface area contributed by atoms with Gasteiger partial charge in [0.15, 0.2) is 11.4 Å². The van der Waals surface area contributed by atoms with Gasteiger partial charge in [-0.1, -0.05) is 0 Å². The first-order valence-corrected chi connectivity index (χ1v) is 5.17. The summed E-state index contributed by atoms with van der Waals surface area (Å²) in [5, 5.41) is 21.9. The van der Waals surface area contributed by atoms with E-state index in [0.29, 0.717) is 5.56 Å². The first kappa shape index (κ1) is 12.0. The van der Waals surface area contributed by atoms with Crippen LogP contribution in [-0.4, -0.2) is 16.1 Å². The normalized spacial score (nSPS) is 10.6. The molecule has 0 aliphatic heterocycles. The molecule has 3 N–H and O–H groups in total. The van der Waals surface area contributed by atoms with Gasteiger partial charge in [-0.2, -0.15) is 0 Å². The van der Waals surface area contributed by atoms with Crippen molar-refractivity contribution < 1.29 is 19.4 Å². The van der Waals surface area contributed by atoms with E-state index in [9.17, 15) is 19.8 Å². The lowest BCUT2D eigenvalue weighted by atomic mass is 10.1. The van der Waals surface area contributed by atoms with Gasteiger partial charge in [-0.25, -0.2) is 4.79 Å². The number of fused-ring (bicyclic) bond motifs is 1. The Morgan fingerprint density at radius 2 is 2.00 bits per heavy atom. The first-order chi connectivity index (χ1) is 8.41. The highest BCUT2D eigenvalue weighted by molar-refractivity contribution is 5.96. The van der Waals surface area contributed by atoms with Crippen LogP contribution in [0.5, 0.6) is 11.5 Å². The number of carbonyl (C=O) groups excluding carboxylic acids is 1. The smallest absolute Gasteiger partial charge is 0.364 e.